The van der Waals surface area contributed by atoms with Gasteiger partial charge in [-0.2, -0.15) is 0 Å². The van der Waals surface area contributed by atoms with Gasteiger partial charge in [0, 0.05) is 30.0 Å². The van der Waals surface area contributed by atoms with E-state index in [-0.39, 0.29) is 23.8 Å². The van der Waals surface area contributed by atoms with E-state index in [9.17, 15) is 9.59 Å². The lowest BCUT2D eigenvalue weighted by Crippen LogP contribution is -2.44. The molecule has 0 saturated carbocycles. The molecule has 2 amide bonds. The van der Waals surface area contributed by atoms with Gasteiger partial charge in [-0.3, -0.25) is 9.59 Å². The number of fused-ring (bicyclic) bond motifs is 1. The van der Waals surface area contributed by atoms with Crippen LogP contribution in [0.5, 0.6) is 0 Å². The number of para-hydroxylation sites is 1. The number of carbonyl (C=O) groups is 2. The summed E-state index contributed by atoms with van der Waals surface area (Å²) in [6.45, 7) is 3.10. The van der Waals surface area contributed by atoms with E-state index in [1.54, 1.807) is 0 Å². The van der Waals surface area contributed by atoms with E-state index in [2.05, 4.69) is 5.32 Å². The Balaban J connectivity index is 1.30. The molecule has 4 aromatic rings. The van der Waals surface area contributed by atoms with Crippen LogP contribution >= 0.6 is 0 Å². The molecule has 1 aliphatic heterocycles. The number of piperidine rings is 1. The zero-order chi connectivity index (χ0) is 23.5. The lowest BCUT2D eigenvalue weighted by atomic mass is 9.94. The molecule has 5 rings (SSSR count). The van der Waals surface area contributed by atoms with Crippen molar-refractivity contribution in [2.75, 3.05) is 13.1 Å². The predicted molar refractivity (Wildman–Crippen MR) is 132 cm³/mol. The summed E-state index contributed by atoms with van der Waals surface area (Å²) in [6.07, 6.45) is 1.29. The molecular formula is C29H28N2O3. The van der Waals surface area contributed by atoms with Crippen molar-refractivity contribution in [2.45, 2.75) is 25.8 Å². The Labute approximate surface area is 199 Å². The molecule has 5 nitrogen and oxygen atoms in total. The molecule has 2 heterocycles. The van der Waals surface area contributed by atoms with Crippen LogP contribution in [0.3, 0.4) is 0 Å². The number of nitrogens with one attached hydrogen (secondary N) is 1. The highest BCUT2D eigenvalue weighted by Crippen LogP contribution is 2.29. The molecule has 3 aromatic carbocycles. The Morgan fingerprint density at radius 2 is 1.59 bits per heavy atom. The lowest BCUT2D eigenvalue weighted by molar-refractivity contribution is -0.126. The second kappa shape index (κ2) is 9.56. The first-order valence-electron chi connectivity index (χ1n) is 11.8. The van der Waals surface area contributed by atoms with E-state index in [4.69, 9.17) is 4.42 Å². The molecule has 0 aliphatic carbocycles. The Kier molecular flexibility index (Phi) is 6.17. The molecule has 1 atom stereocenters. The third kappa shape index (κ3) is 4.46. The number of hydrogen-bond donors (Lipinski definition) is 1. The maximum atomic E-state index is 13.3. The monoisotopic (exact) mass is 452 g/mol. The molecule has 1 N–H and O–H groups in total. The fraction of sp³-hybridized carbons (Fsp3) is 0.241. The summed E-state index contributed by atoms with van der Waals surface area (Å²) in [5.41, 5.74) is 3.49. The molecule has 1 fully saturated rings. The highest BCUT2D eigenvalue weighted by Gasteiger charge is 2.30. The minimum atomic E-state index is -0.368. The van der Waals surface area contributed by atoms with Crippen LogP contribution in [0.15, 0.2) is 89.3 Å². The maximum Gasteiger partial charge on any atom is 0.254 e. The van der Waals surface area contributed by atoms with Crippen molar-refractivity contribution in [3.8, 4) is 0 Å². The molecule has 0 radical (unpaired) electrons. The first-order valence-corrected chi connectivity index (χ1v) is 11.8. The maximum absolute atomic E-state index is 13.3. The van der Waals surface area contributed by atoms with Crippen molar-refractivity contribution in [2.24, 2.45) is 5.92 Å². The molecular weight excluding hydrogens is 424 g/mol. The number of amides is 2. The number of carbonyl (C=O) groups excluding carboxylic acids is 2. The quantitative estimate of drug-likeness (QED) is 0.435. The summed E-state index contributed by atoms with van der Waals surface area (Å²) >= 11 is 0. The van der Waals surface area contributed by atoms with Crippen molar-refractivity contribution in [3.63, 3.8) is 0 Å². The van der Waals surface area contributed by atoms with Crippen LogP contribution in [-0.2, 0) is 4.79 Å². The number of aryl methyl sites for hydroxylation is 1. The van der Waals surface area contributed by atoms with Gasteiger partial charge in [-0.1, -0.05) is 66.7 Å². The van der Waals surface area contributed by atoms with Crippen LogP contribution < -0.4 is 5.32 Å². The Bertz CT molecular complexity index is 1270. The van der Waals surface area contributed by atoms with Crippen LogP contribution in [0.4, 0.5) is 0 Å². The van der Waals surface area contributed by atoms with Crippen LogP contribution in [0.2, 0.25) is 0 Å². The summed E-state index contributed by atoms with van der Waals surface area (Å²) in [7, 11) is 0. The Morgan fingerprint density at radius 3 is 2.32 bits per heavy atom. The Morgan fingerprint density at radius 1 is 0.912 bits per heavy atom. The van der Waals surface area contributed by atoms with Gasteiger partial charge < -0.3 is 14.6 Å². The third-order valence-corrected chi connectivity index (χ3v) is 6.68. The molecule has 1 aliphatic rings. The normalized spacial score (nSPS) is 15.3. The number of rotatable bonds is 5. The first-order chi connectivity index (χ1) is 16.6. The predicted octanol–water partition coefficient (Wildman–Crippen LogP) is 5.50. The largest absolute Gasteiger partial charge is 0.459 e. The highest BCUT2D eigenvalue weighted by molar-refractivity contribution is 5.95. The van der Waals surface area contributed by atoms with Gasteiger partial charge >= 0.3 is 0 Å². The lowest BCUT2D eigenvalue weighted by Gasteiger charge is -2.32. The molecule has 1 aromatic heterocycles. The number of furan rings is 1. The summed E-state index contributed by atoms with van der Waals surface area (Å²) in [5.74, 6) is 0.614. The molecule has 172 valence electrons. The van der Waals surface area contributed by atoms with Crippen LogP contribution in [-0.4, -0.2) is 29.8 Å². The molecule has 1 saturated heterocycles. The van der Waals surface area contributed by atoms with Gasteiger partial charge in [0.05, 0.1) is 0 Å². The van der Waals surface area contributed by atoms with Gasteiger partial charge in [0.1, 0.15) is 17.4 Å². The number of hydrogen-bond acceptors (Lipinski definition) is 3. The van der Waals surface area contributed by atoms with Crippen molar-refractivity contribution >= 4 is 22.8 Å². The third-order valence-electron chi connectivity index (χ3n) is 6.68. The van der Waals surface area contributed by atoms with Gasteiger partial charge in [0.2, 0.25) is 5.91 Å². The second-order valence-electron chi connectivity index (χ2n) is 8.92. The summed E-state index contributed by atoms with van der Waals surface area (Å²) in [4.78, 5) is 28.1. The van der Waals surface area contributed by atoms with Gasteiger partial charge in [-0.15, -0.1) is 0 Å². The number of benzene rings is 3. The van der Waals surface area contributed by atoms with Gasteiger partial charge in [-0.25, -0.2) is 0 Å². The van der Waals surface area contributed by atoms with E-state index >= 15 is 0 Å². The van der Waals surface area contributed by atoms with Crippen LogP contribution in [0.25, 0.3) is 11.0 Å². The van der Waals surface area contributed by atoms with Crippen molar-refractivity contribution in [3.05, 3.63) is 107 Å². The first kappa shape index (κ1) is 22.0. The number of nitrogens with zero attached hydrogens (tertiary/aromatic N) is 1. The summed E-state index contributed by atoms with van der Waals surface area (Å²) in [5, 5.41) is 4.24. The van der Waals surface area contributed by atoms with Crippen molar-refractivity contribution in [1.82, 2.24) is 10.2 Å². The van der Waals surface area contributed by atoms with E-state index in [1.807, 2.05) is 96.8 Å². The standard InChI is InChI=1S/C29H28N2O3/c1-20-9-5-7-13-24(20)29(33)31-17-15-22(16-18-31)28(32)30-27(21-10-3-2-4-11-21)26-19-23-12-6-8-14-25(23)34-26/h2-14,19,22,27H,15-18H2,1H3,(H,30,32). The molecule has 1 unspecified atom stereocenters. The SMILES string of the molecule is Cc1ccccc1C(=O)N1CCC(C(=O)NC(c2ccccc2)c2cc3ccccc3o2)CC1. The molecule has 5 heteroatoms. The van der Waals surface area contributed by atoms with Crippen LogP contribution in [0, 0.1) is 12.8 Å². The van der Waals surface area contributed by atoms with E-state index in [0.717, 1.165) is 27.7 Å². The summed E-state index contributed by atoms with van der Waals surface area (Å²) in [6, 6.07) is 27.0. The van der Waals surface area contributed by atoms with Gasteiger partial charge in [-0.05, 0) is 49.1 Å². The average molecular weight is 453 g/mol. The highest BCUT2D eigenvalue weighted by atomic mass is 16.3. The van der Waals surface area contributed by atoms with Crippen LogP contribution in [0.1, 0.15) is 46.1 Å². The fourth-order valence-electron chi connectivity index (χ4n) is 4.70. The minimum absolute atomic E-state index is 0.00250. The fourth-order valence-corrected chi connectivity index (χ4v) is 4.70. The van der Waals surface area contributed by atoms with Gasteiger partial charge in [0.25, 0.3) is 5.91 Å². The average Bonchev–Trinajstić information content (AvgIpc) is 3.31. The summed E-state index contributed by atoms with van der Waals surface area (Å²) < 4.78 is 6.11. The topological polar surface area (TPSA) is 62.6 Å². The second-order valence-corrected chi connectivity index (χ2v) is 8.92. The van der Waals surface area contributed by atoms with Gasteiger partial charge in [0.15, 0.2) is 0 Å². The van der Waals surface area contributed by atoms with E-state index in [0.29, 0.717) is 31.7 Å². The zero-order valence-corrected chi connectivity index (χ0v) is 19.2. The van der Waals surface area contributed by atoms with E-state index < -0.39 is 0 Å². The minimum Gasteiger partial charge on any atom is -0.459 e. The van der Waals surface area contributed by atoms with E-state index in [1.165, 1.54) is 0 Å². The molecule has 0 spiro atoms. The van der Waals surface area contributed by atoms with Crippen molar-refractivity contribution < 1.29 is 14.0 Å². The molecule has 34 heavy (non-hydrogen) atoms. The van der Waals surface area contributed by atoms with Crippen molar-refractivity contribution in [1.29, 1.82) is 0 Å². The zero-order valence-electron chi connectivity index (χ0n) is 19.2. The molecule has 0 bridgehead atoms. The Hall–Kier alpha value is -3.86. The smallest absolute Gasteiger partial charge is 0.254 e. The number of likely N-dealkylation sites (tertiary alicyclic amines) is 1.